The molecule has 1 amide bonds. The van der Waals surface area contributed by atoms with Gasteiger partial charge in [0.25, 0.3) is 12.3 Å². The molecule has 1 unspecified atom stereocenters. The van der Waals surface area contributed by atoms with Crippen molar-refractivity contribution in [3.63, 3.8) is 0 Å². The normalized spacial score (nSPS) is 15.7. The fourth-order valence-electron chi connectivity index (χ4n) is 3.54. The number of aryl methyl sites for hydroxylation is 1. The molecule has 1 aromatic carbocycles. The minimum atomic E-state index is -2.68. The summed E-state index contributed by atoms with van der Waals surface area (Å²) in [7, 11) is 0. The number of alkyl halides is 2. The Morgan fingerprint density at radius 3 is 2.81 bits per heavy atom. The average Bonchev–Trinajstić information content (AvgIpc) is 3.52. The Morgan fingerprint density at radius 1 is 1.25 bits per heavy atom. The van der Waals surface area contributed by atoms with Gasteiger partial charge in [-0.05, 0) is 30.7 Å². The molecule has 1 atom stereocenters. The van der Waals surface area contributed by atoms with E-state index in [-0.39, 0.29) is 23.2 Å². The van der Waals surface area contributed by atoms with E-state index in [9.17, 15) is 18.0 Å². The Kier molecular flexibility index (Phi) is 5.21. The topological polar surface area (TPSA) is 101 Å². The quantitative estimate of drug-likeness (QED) is 0.475. The van der Waals surface area contributed by atoms with E-state index in [2.05, 4.69) is 30.6 Å². The maximum absolute atomic E-state index is 13.2. The molecule has 4 heterocycles. The lowest BCUT2D eigenvalue weighted by atomic mass is 10.1. The summed E-state index contributed by atoms with van der Waals surface area (Å²) in [5.74, 6) is 0.485. The van der Waals surface area contributed by atoms with Crippen LogP contribution in [0.3, 0.4) is 0 Å². The van der Waals surface area contributed by atoms with Gasteiger partial charge >= 0.3 is 0 Å². The predicted octanol–water partition coefficient (Wildman–Crippen LogP) is 3.61. The van der Waals surface area contributed by atoms with Crippen LogP contribution >= 0.6 is 11.3 Å². The molecule has 2 N–H and O–H groups in total. The maximum Gasteiger partial charge on any atom is 0.281 e. The van der Waals surface area contributed by atoms with Crippen LogP contribution in [0.5, 0.6) is 0 Å². The van der Waals surface area contributed by atoms with E-state index in [1.165, 1.54) is 23.7 Å². The monoisotopic (exact) mass is 459 g/mol. The summed E-state index contributed by atoms with van der Waals surface area (Å²) in [6.07, 6.45) is -0.170. The van der Waals surface area contributed by atoms with Crippen molar-refractivity contribution in [3.8, 4) is 22.0 Å². The van der Waals surface area contributed by atoms with Crippen LogP contribution in [0.15, 0.2) is 35.8 Å². The van der Waals surface area contributed by atoms with E-state index in [1.54, 1.807) is 16.8 Å². The van der Waals surface area contributed by atoms with Gasteiger partial charge in [-0.25, -0.2) is 27.8 Å². The van der Waals surface area contributed by atoms with Crippen LogP contribution in [0.25, 0.3) is 22.0 Å². The predicted molar refractivity (Wildman–Crippen MR) is 110 cm³/mol. The zero-order valence-corrected chi connectivity index (χ0v) is 17.2. The first-order valence-corrected chi connectivity index (χ1v) is 10.6. The molecular weight excluding hydrogens is 443 g/mol. The molecule has 0 fully saturated rings. The van der Waals surface area contributed by atoms with Gasteiger partial charge in [-0.15, -0.1) is 11.3 Å². The van der Waals surface area contributed by atoms with Crippen molar-refractivity contribution in [2.24, 2.45) is 0 Å². The smallest absolute Gasteiger partial charge is 0.281 e. The van der Waals surface area contributed by atoms with Crippen molar-refractivity contribution in [1.82, 2.24) is 35.3 Å². The van der Waals surface area contributed by atoms with Crippen LogP contribution in [0.4, 0.5) is 13.2 Å². The van der Waals surface area contributed by atoms with E-state index in [0.717, 1.165) is 11.3 Å². The third kappa shape index (κ3) is 3.88. The zero-order chi connectivity index (χ0) is 22.2. The molecule has 5 rings (SSSR count). The second kappa shape index (κ2) is 8.19. The molecule has 164 valence electrons. The minimum Gasteiger partial charge on any atom is -0.347 e. The van der Waals surface area contributed by atoms with E-state index >= 15 is 0 Å². The van der Waals surface area contributed by atoms with Crippen LogP contribution in [-0.4, -0.2) is 41.9 Å². The summed E-state index contributed by atoms with van der Waals surface area (Å²) in [6, 6.07) is 5.76. The number of rotatable bonds is 5. The fraction of sp³-hybridized carbons (Fsp3) is 0.250. The maximum atomic E-state index is 13.2. The van der Waals surface area contributed by atoms with E-state index in [4.69, 9.17) is 0 Å². The molecule has 32 heavy (non-hydrogen) atoms. The number of carbonyl (C=O) groups is 1. The van der Waals surface area contributed by atoms with Gasteiger partial charge in [-0.3, -0.25) is 9.89 Å². The Bertz CT molecular complexity index is 1260. The summed E-state index contributed by atoms with van der Waals surface area (Å²) in [5, 5.41) is 15.5. The third-order valence-corrected chi connectivity index (χ3v) is 6.04. The molecule has 0 saturated carbocycles. The molecule has 0 aliphatic carbocycles. The van der Waals surface area contributed by atoms with Crippen molar-refractivity contribution < 1.29 is 18.0 Å². The molecule has 0 bridgehead atoms. The van der Waals surface area contributed by atoms with Gasteiger partial charge in [-0.2, -0.15) is 10.2 Å². The highest BCUT2D eigenvalue weighted by Gasteiger charge is 2.26. The standard InChI is InChI=1S/C20H16F3N7OS/c21-11-3-1-10(2-4-11)18-27-15-7-12(5-6-30(15)29-18)25-19(31)16-13(8-24-28-16)20-26-14(9-32-20)17(22)23/h1-4,8-9,12,17H,5-7H2,(H,24,28)(H,25,31). The largest absolute Gasteiger partial charge is 0.347 e. The number of nitrogens with one attached hydrogen (secondary N) is 2. The van der Waals surface area contributed by atoms with Crippen molar-refractivity contribution >= 4 is 17.2 Å². The van der Waals surface area contributed by atoms with Gasteiger partial charge in [0.2, 0.25) is 0 Å². The number of hydrogen-bond acceptors (Lipinski definition) is 6. The number of H-pyrrole nitrogens is 1. The van der Waals surface area contributed by atoms with Gasteiger partial charge in [0.1, 0.15) is 28.0 Å². The van der Waals surface area contributed by atoms with Crippen molar-refractivity contribution in [3.05, 3.63) is 58.9 Å². The first-order chi connectivity index (χ1) is 15.5. The van der Waals surface area contributed by atoms with Gasteiger partial charge in [0.05, 0.1) is 11.8 Å². The van der Waals surface area contributed by atoms with Crippen molar-refractivity contribution in [2.45, 2.75) is 31.9 Å². The summed E-state index contributed by atoms with van der Waals surface area (Å²) < 4.78 is 40.6. The first kappa shape index (κ1) is 20.4. The fourth-order valence-corrected chi connectivity index (χ4v) is 4.37. The van der Waals surface area contributed by atoms with E-state index in [1.807, 2.05) is 0 Å². The Balaban J connectivity index is 1.30. The van der Waals surface area contributed by atoms with Crippen molar-refractivity contribution in [1.29, 1.82) is 0 Å². The van der Waals surface area contributed by atoms with Gasteiger partial charge in [0, 0.05) is 30.0 Å². The summed E-state index contributed by atoms with van der Waals surface area (Å²) in [6.45, 7) is 0.564. The summed E-state index contributed by atoms with van der Waals surface area (Å²) in [5.41, 5.74) is 0.917. The Hall–Kier alpha value is -3.54. The molecule has 0 spiro atoms. The molecule has 4 aromatic rings. The molecule has 12 heteroatoms. The molecule has 1 aliphatic rings. The number of aromatic nitrogens is 6. The SMILES string of the molecule is O=C(NC1CCn2nc(-c3ccc(F)cc3)nc2C1)c1[nH]ncc1-c1nc(C(F)F)cs1. The number of halogens is 3. The Morgan fingerprint density at radius 2 is 2.06 bits per heavy atom. The number of nitrogens with zero attached hydrogens (tertiary/aromatic N) is 5. The second-order valence-corrected chi connectivity index (χ2v) is 8.14. The lowest BCUT2D eigenvalue weighted by Gasteiger charge is -2.23. The number of aromatic amines is 1. The van der Waals surface area contributed by atoms with Crippen LogP contribution in [0, 0.1) is 5.82 Å². The second-order valence-electron chi connectivity index (χ2n) is 7.28. The van der Waals surface area contributed by atoms with Crippen LogP contribution in [-0.2, 0) is 13.0 Å². The number of amides is 1. The average molecular weight is 459 g/mol. The number of fused-ring (bicyclic) bond motifs is 1. The van der Waals surface area contributed by atoms with Gasteiger partial charge in [0.15, 0.2) is 5.82 Å². The summed E-state index contributed by atoms with van der Waals surface area (Å²) in [4.78, 5) is 21.3. The molecule has 1 aliphatic heterocycles. The van der Waals surface area contributed by atoms with Crippen LogP contribution < -0.4 is 5.32 Å². The molecule has 3 aromatic heterocycles. The number of carbonyl (C=O) groups excluding carboxylic acids is 1. The molecule has 0 radical (unpaired) electrons. The van der Waals surface area contributed by atoms with E-state index in [0.29, 0.717) is 47.2 Å². The first-order valence-electron chi connectivity index (χ1n) is 9.76. The Labute approximate surface area is 183 Å². The summed E-state index contributed by atoms with van der Waals surface area (Å²) >= 11 is 1.03. The molecule has 8 nitrogen and oxygen atoms in total. The van der Waals surface area contributed by atoms with Crippen LogP contribution in [0.1, 0.15) is 34.9 Å². The third-order valence-electron chi connectivity index (χ3n) is 5.15. The lowest BCUT2D eigenvalue weighted by molar-refractivity contribution is 0.0925. The highest BCUT2D eigenvalue weighted by molar-refractivity contribution is 7.13. The van der Waals surface area contributed by atoms with E-state index < -0.39 is 12.3 Å². The van der Waals surface area contributed by atoms with Crippen molar-refractivity contribution in [2.75, 3.05) is 0 Å². The molecule has 0 saturated heterocycles. The molecular formula is C20H16F3N7OS. The van der Waals surface area contributed by atoms with Crippen LogP contribution in [0.2, 0.25) is 0 Å². The highest BCUT2D eigenvalue weighted by atomic mass is 32.1. The number of benzene rings is 1. The minimum absolute atomic E-state index is 0.166. The number of hydrogen-bond donors (Lipinski definition) is 2. The number of thiazole rings is 1. The lowest BCUT2D eigenvalue weighted by Crippen LogP contribution is -2.40. The van der Waals surface area contributed by atoms with Gasteiger partial charge < -0.3 is 5.32 Å². The highest BCUT2D eigenvalue weighted by Crippen LogP contribution is 2.30. The zero-order valence-electron chi connectivity index (χ0n) is 16.4. The van der Waals surface area contributed by atoms with Gasteiger partial charge in [-0.1, -0.05) is 0 Å².